The predicted molar refractivity (Wildman–Crippen MR) is 88.3 cm³/mol. The van der Waals surface area contributed by atoms with Gasteiger partial charge in [0, 0.05) is 25.3 Å². The lowest BCUT2D eigenvalue weighted by Crippen LogP contribution is -2.31. The zero-order chi connectivity index (χ0) is 15.2. The van der Waals surface area contributed by atoms with Gasteiger partial charge in [0.15, 0.2) is 0 Å². The van der Waals surface area contributed by atoms with E-state index >= 15 is 0 Å². The highest BCUT2D eigenvalue weighted by Gasteiger charge is 2.14. The smallest absolute Gasteiger partial charge is 0.0543 e. The van der Waals surface area contributed by atoms with Gasteiger partial charge in [0.05, 0.1) is 5.69 Å². The van der Waals surface area contributed by atoms with Crippen molar-refractivity contribution in [2.45, 2.75) is 26.4 Å². The first kappa shape index (κ1) is 15.7. The van der Waals surface area contributed by atoms with Crippen LogP contribution in [-0.2, 0) is 6.54 Å². The maximum absolute atomic E-state index is 4.39. The van der Waals surface area contributed by atoms with Crippen LogP contribution in [0.4, 0.5) is 0 Å². The summed E-state index contributed by atoms with van der Waals surface area (Å²) in [5.74, 6) is 0. The van der Waals surface area contributed by atoms with Crippen molar-refractivity contribution in [1.29, 1.82) is 0 Å². The van der Waals surface area contributed by atoms with Gasteiger partial charge in [-0.15, -0.1) is 0 Å². The van der Waals surface area contributed by atoms with E-state index < -0.39 is 0 Å². The van der Waals surface area contributed by atoms with Crippen LogP contribution in [-0.4, -0.2) is 30.5 Å². The second-order valence-corrected chi connectivity index (χ2v) is 5.72. The van der Waals surface area contributed by atoms with E-state index in [-0.39, 0.29) is 0 Å². The van der Waals surface area contributed by atoms with E-state index in [1.165, 1.54) is 16.7 Å². The standard InChI is InChI=1S/C18H25N3/c1-14-8-9-17(15(2)11-14)18(19-3)13-21(4)12-16-7-5-6-10-20-16/h5-11,18-19H,12-13H2,1-4H3. The minimum absolute atomic E-state index is 0.333. The van der Waals surface area contributed by atoms with Crippen LogP contribution in [0.3, 0.4) is 0 Å². The van der Waals surface area contributed by atoms with Gasteiger partial charge in [-0.05, 0) is 51.2 Å². The fourth-order valence-electron chi connectivity index (χ4n) is 2.71. The number of nitrogens with zero attached hydrogens (tertiary/aromatic N) is 2. The quantitative estimate of drug-likeness (QED) is 0.883. The third kappa shape index (κ3) is 4.38. The number of likely N-dealkylation sites (N-methyl/N-ethyl adjacent to an activating group) is 2. The molecule has 0 bridgehead atoms. The van der Waals surface area contributed by atoms with Crippen molar-refractivity contribution in [2.24, 2.45) is 0 Å². The van der Waals surface area contributed by atoms with Gasteiger partial charge >= 0.3 is 0 Å². The van der Waals surface area contributed by atoms with E-state index in [1.54, 1.807) is 0 Å². The lowest BCUT2D eigenvalue weighted by atomic mass is 9.99. The number of hydrogen-bond donors (Lipinski definition) is 1. The van der Waals surface area contributed by atoms with Gasteiger partial charge < -0.3 is 5.32 Å². The lowest BCUT2D eigenvalue weighted by molar-refractivity contribution is 0.286. The number of rotatable bonds is 6. The number of nitrogens with one attached hydrogen (secondary N) is 1. The number of benzene rings is 1. The molecule has 3 nitrogen and oxygen atoms in total. The van der Waals surface area contributed by atoms with Gasteiger partial charge in [0.2, 0.25) is 0 Å². The number of hydrogen-bond acceptors (Lipinski definition) is 3. The average Bonchev–Trinajstić information content (AvgIpc) is 2.46. The molecule has 0 aliphatic carbocycles. The van der Waals surface area contributed by atoms with E-state index in [0.717, 1.165) is 18.8 Å². The largest absolute Gasteiger partial charge is 0.312 e. The van der Waals surface area contributed by atoms with Gasteiger partial charge in [-0.2, -0.15) is 0 Å². The molecule has 21 heavy (non-hydrogen) atoms. The molecule has 0 spiro atoms. The highest BCUT2D eigenvalue weighted by molar-refractivity contribution is 5.33. The summed E-state index contributed by atoms with van der Waals surface area (Å²) in [5, 5.41) is 3.43. The fourth-order valence-corrected chi connectivity index (χ4v) is 2.71. The molecule has 0 saturated carbocycles. The Morgan fingerprint density at radius 3 is 2.62 bits per heavy atom. The fraction of sp³-hybridized carbons (Fsp3) is 0.389. The van der Waals surface area contributed by atoms with E-state index in [4.69, 9.17) is 0 Å². The van der Waals surface area contributed by atoms with Crippen LogP contribution >= 0.6 is 0 Å². The molecule has 0 aliphatic heterocycles. The molecule has 0 radical (unpaired) electrons. The highest BCUT2D eigenvalue weighted by atomic mass is 15.1. The Labute approximate surface area is 128 Å². The van der Waals surface area contributed by atoms with Crippen molar-refractivity contribution in [3.8, 4) is 0 Å². The first-order valence-corrected chi connectivity index (χ1v) is 7.43. The maximum Gasteiger partial charge on any atom is 0.0543 e. The molecule has 1 aromatic heterocycles. The summed E-state index contributed by atoms with van der Waals surface area (Å²) in [6.07, 6.45) is 1.85. The number of pyridine rings is 1. The molecule has 1 atom stereocenters. The van der Waals surface area contributed by atoms with Crippen molar-refractivity contribution < 1.29 is 0 Å². The van der Waals surface area contributed by atoms with Crippen LogP contribution in [0.15, 0.2) is 42.6 Å². The van der Waals surface area contributed by atoms with Gasteiger partial charge in [-0.3, -0.25) is 9.88 Å². The van der Waals surface area contributed by atoms with Gasteiger partial charge in [0.25, 0.3) is 0 Å². The Balaban J connectivity index is 2.04. The van der Waals surface area contributed by atoms with Gasteiger partial charge in [-0.25, -0.2) is 0 Å². The first-order valence-electron chi connectivity index (χ1n) is 7.43. The molecule has 1 unspecified atom stereocenters. The molecule has 3 heteroatoms. The van der Waals surface area contributed by atoms with Crippen molar-refractivity contribution in [2.75, 3.05) is 20.6 Å². The van der Waals surface area contributed by atoms with E-state index in [1.807, 2.05) is 25.4 Å². The summed E-state index contributed by atoms with van der Waals surface area (Å²) in [4.78, 5) is 6.70. The summed E-state index contributed by atoms with van der Waals surface area (Å²) >= 11 is 0. The van der Waals surface area contributed by atoms with E-state index in [0.29, 0.717) is 6.04 Å². The summed E-state index contributed by atoms with van der Waals surface area (Å²) in [6, 6.07) is 13.1. The molecule has 2 rings (SSSR count). The van der Waals surface area contributed by atoms with Crippen molar-refractivity contribution in [3.63, 3.8) is 0 Å². The number of aromatic nitrogens is 1. The zero-order valence-electron chi connectivity index (χ0n) is 13.4. The Kier molecular flexibility index (Phi) is 5.48. The molecular formula is C18H25N3. The predicted octanol–water partition coefficient (Wildman–Crippen LogP) is 3.09. The maximum atomic E-state index is 4.39. The molecule has 1 heterocycles. The SMILES string of the molecule is CNC(CN(C)Cc1ccccn1)c1ccc(C)cc1C. The van der Waals surface area contributed by atoms with Crippen LogP contribution < -0.4 is 5.32 Å². The monoisotopic (exact) mass is 283 g/mol. The minimum Gasteiger partial charge on any atom is -0.312 e. The van der Waals surface area contributed by atoms with Crippen LogP contribution in [0.1, 0.15) is 28.4 Å². The zero-order valence-corrected chi connectivity index (χ0v) is 13.4. The molecule has 0 aliphatic rings. The second kappa shape index (κ2) is 7.34. The average molecular weight is 283 g/mol. The summed E-state index contributed by atoms with van der Waals surface area (Å²) in [7, 11) is 4.17. The molecule has 0 saturated heterocycles. The van der Waals surface area contributed by atoms with Crippen LogP contribution in [0.25, 0.3) is 0 Å². The second-order valence-electron chi connectivity index (χ2n) is 5.72. The normalized spacial score (nSPS) is 12.6. The number of aryl methyl sites for hydroxylation is 2. The molecule has 1 aromatic carbocycles. The summed E-state index contributed by atoms with van der Waals surface area (Å²) < 4.78 is 0. The van der Waals surface area contributed by atoms with Gasteiger partial charge in [-0.1, -0.05) is 29.8 Å². The van der Waals surface area contributed by atoms with Crippen molar-refractivity contribution >= 4 is 0 Å². The Morgan fingerprint density at radius 1 is 1.19 bits per heavy atom. The summed E-state index contributed by atoms with van der Waals surface area (Å²) in [6.45, 7) is 6.14. The van der Waals surface area contributed by atoms with Gasteiger partial charge in [0.1, 0.15) is 0 Å². The Bertz CT molecular complexity index is 566. The van der Waals surface area contributed by atoms with Crippen molar-refractivity contribution in [1.82, 2.24) is 15.2 Å². The highest BCUT2D eigenvalue weighted by Crippen LogP contribution is 2.20. The topological polar surface area (TPSA) is 28.2 Å². The third-order valence-electron chi connectivity index (χ3n) is 3.80. The molecular weight excluding hydrogens is 258 g/mol. The minimum atomic E-state index is 0.333. The van der Waals surface area contributed by atoms with Crippen molar-refractivity contribution in [3.05, 3.63) is 65.0 Å². The van der Waals surface area contributed by atoms with Crippen LogP contribution in [0, 0.1) is 13.8 Å². The molecule has 0 amide bonds. The van der Waals surface area contributed by atoms with E-state index in [2.05, 4.69) is 60.4 Å². The molecule has 2 aromatic rings. The van der Waals surface area contributed by atoms with E-state index in [9.17, 15) is 0 Å². The molecule has 0 fully saturated rings. The Hall–Kier alpha value is -1.71. The molecule has 1 N–H and O–H groups in total. The van der Waals surface area contributed by atoms with Crippen LogP contribution in [0.2, 0.25) is 0 Å². The molecule has 112 valence electrons. The third-order valence-corrected chi connectivity index (χ3v) is 3.80. The summed E-state index contributed by atoms with van der Waals surface area (Å²) in [5.41, 5.74) is 5.14. The Morgan fingerprint density at radius 2 is 2.00 bits per heavy atom. The first-order chi connectivity index (χ1) is 10.1. The van der Waals surface area contributed by atoms with Crippen LogP contribution in [0.5, 0.6) is 0 Å². The lowest BCUT2D eigenvalue weighted by Gasteiger charge is -2.25.